The molecule has 0 bridgehead atoms. The average Bonchev–Trinajstić information content (AvgIpc) is 2.13. The number of ether oxygens (including phenoxy) is 1. The molecule has 2 unspecified atom stereocenters. The molecule has 0 radical (unpaired) electrons. The van der Waals surface area contributed by atoms with Crippen LogP contribution in [0.2, 0.25) is 0 Å². The number of carbonyl (C=O) groups excluding carboxylic acids is 1. The smallest absolute Gasteiger partial charge is 0.164 e. The fourth-order valence-electron chi connectivity index (χ4n) is 1.49. The van der Waals surface area contributed by atoms with Crippen LogP contribution in [0.4, 0.5) is 0 Å². The Morgan fingerprint density at radius 1 is 1.31 bits per heavy atom. The van der Waals surface area contributed by atoms with E-state index in [1.54, 1.807) is 0 Å². The average molecular weight is 186 g/mol. The molecule has 0 heterocycles. The lowest BCUT2D eigenvalue weighted by atomic mass is 9.96. The van der Waals surface area contributed by atoms with Crippen LogP contribution >= 0.6 is 0 Å². The SMILES string of the molecule is CCCC(C)C(=O)C(CC)OCC. The van der Waals surface area contributed by atoms with Crippen molar-refractivity contribution in [3.63, 3.8) is 0 Å². The van der Waals surface area contributed by atoms with Gasteiger partial charge in [0, 0.05) is 12.5 Å². The van der Waals surface area contributed by atoms with Gasteiger partial charge < -0.3 is 4.74 Å². The first-order chi connectivity index (χ1) is 6.17. The van der Waals surface area contributed by atoms with E-state index in [1.807, 2.05) is 20.8 Å². The summed E-state index contributed by atoms with van der Waals surface area (Å²) in [7, 11) is 0. The molecule has 0 saturated heterocycles. The van der Waals surface area contributed by atoms with Crippen molar-refractivity contribution in [3.8, 4) is 0 Å². The molecule has 2 heteroatoms. The molecule has 0 fully saturated rings. The van der Waals surface area contributed by atoms with E-state index < -0.39 is 0 Å². The van der Waals surface area contributed by atoms with Gasteiger partial charge in [0.1, 0.15) is 6.10 Å². The van der Waals surface area contributed by atoms with E-state index in [1.165, 1.54) is 0 Å². The minimum absolute atomic E-state index is 0.154. The predicted molar refractivity (Wildman–Crippen MR) is 54.8 cm³/mol. The largest absolute Gasteiger partial charge is 0.371 e. The van der Waals surface area contributed by atoms with E-state index >= 15 is 0 Å². The number of Topliss-reactive ketones (excluding diaryl/α,β-unsaturated/α-hetero) is 1. The zero-order chi connectivity index (χ0) is 10.3. The quantitative estimate of drug-likeness (QED) is 0.611. The Morgan fingerprint density at radius 2 is 1.92 bits per heavy atom. The van der Waals surface area contributed by atoms with Gasteiger partial charge in [0.2, 0.25) is 0 Å². The lowest BCUT2D eigenvalue weighted by molar-refractivity contribution is -0.134. The van der Waals surface area contributed by atoms with Crippen LogP contribution in [0.15, 0.2) is 0 Å². The third kappa shape index (κ3) is 4.41. The number of carbonyl (C=O) groups is 1. The summed E-state index contributed by atoms with van der Waals surface area (Å²) in [6.45, 7) is 8.65. The zero-order valence-corrected chi connectivity index (χ0v) is 9.30. The third-order valence-electron chi connectivity index (χ3n) is 2.26. The van der Waals surface area contributed by atoms with Crippen LogP contribution in [0.3, 0.4) is 0 Å². The fourth-order valence-corrected chi connectivity index (χ4v) is 1.49. The second kappa shape index (κ2) is 7.07. The van der Waals surface area contributed by atoms with Gasteiger partial charge in [0.15, 0.2) is 5.78 Å². The summed E-state index contributed by atoms with van der Waals surface area (Å²) in [4.78, 5) is 11.7. The molecule has 0 rings (SSSR count). The van der Waals surface area contributed by atoms with Crippen molar-refractivity contribution >= 4 is 5.78 Å². The standard InChI is InChI=1S/C11H22O2/c1-5-8-9(4)11(12)10(6-2)13-7-3/h9-10H,5-8H2,1-4H3. The van der Waals surface area contributed by atoms with Gasteiger partial charge in [0.25, 0.3) is 0 Å². The molecular formula is C11H22O2. The first-order valence-electron chi connectivity index (χ1n) is 5.32. The van der Waals surface area contributed by atoms with Crippen LogP contribution in [-0.2, 0) is 9.53 Å². The Morgan fingerprint density at radius 3 is 2.31 bits per heavy atom. The van der Waals surface area contributed by atoms with E-state index in [-0.39, 0.29) is 17.8 Å². The number of hydrogen-bond donors (Lipinski definition) is 0. The van der Waals surface area contributed by atoms with Gasteiger partial charge in [0.05, 0.1) is 0 Å². The van der Waals surface area contributed by atoms with Gasteiger partial charge in [-0.15, -0.1) is 0 Å². The van der Waals surface area contributed by atoms with E-state index in [9.17, 15) is 4.79 Å². The summed E-state index contributed by atoms with van der Waals surface area (Å²) < 4.78 is 5.37. The monoisotopic (exact) mass is 186 g/mol. The topological polar surface area (TPSA) is 26.3 Å². The van der Waals surface area contributed by atoms with Crippen molar-refractivity contribution in [3.05, 3.63) is 0 Å². The summed E-state index contributed by atoms with van der Waals surface area (Å²) in [6, 6.07) is 0. The van der Waals surface area contributed by atoms with Crippen molar-refractivity contribution in [2.45, 2.75) is 53.1 Å². The molecule has 0 aromatic rings. The zero-order valence-electron chi connectivity index (χ0n) is 9.30. The maximum atomic E-state index is 11.7. The van der Waals surface area contributed by atoms with Crippen molar-refractivity contribution < 1.29 is 9.53 Å². The summed E-state index contributed by atoms with van der Waals surface area (Å²) in [6.07, 6.45) is 2.66. The highest BCUT2D eigenvalue weighted by Gasteiger charge is 2.21. The second-order valence-electron chi connectivity index (χ2n) is 3.44. The molecule has 0 aliphatic rings. The van der Waals surface area contributed by atoms with Crippen LogP contribution in [0.5, 0.6) is 0 Å². The van der Waals surface area contributed by atoms with E-state index in [0.29, 0.717) is 6.61 Å². The molecule has 0 aliphatic heterocycles. The predicted octanol–water partition coefficient (Wildman–Crippen LogP) is 2.81. The molecule has 13 heavy (non-hydrogen) atoms. The molecule has 0 N–H and O–H groups in total. The Hall–Kier alpha value is -0.370. The van der Waals surface area contributed by atoms with Crippen LogP contribution < -0.4 is 0 Å². The molecule has 78 valence electrons. The summed E-state index contributed by atoms with van der Waals surface area (Å²) >= 11 is 0. The van der Waals surface area contributed by atoms with Gasteiger partial charge >= 0.3 is 0 Å². The highest BCUT2D eigenvalue weighted by molar-refractivity contribution is 5.85. The van der Waals surface area contributed by atoms with Gasteiger partial charge in [-0.1, -0.05) is 27.2 Å². The highest BCUT2D eigenvalue weighted by Crippen LogP contribution is 2.12. The molecule has 0 amide bonds. The summed E-state index contributed by atoms with van der Waals surface area (Å²) in [5.41, 5.74) is 0. The van der Waals surface area contributed by atoms with Crippen LogP contribution in [0.25, 0.3) is 0 Å². The Kier molecular flexibility index (Phi) is 6.87. The fraction of sp³-hybridized carbons (Fsp3) is 0.909. The first kappa shape index (κ1) is 12.6. The van der Waals surface area contributed by atoms with E-state index in [2.05, 4.69) is 6.92 Å². The number of rotatable bonds is 7. The molecule has 2 nitrogen and oxygen atoms in total. The third-order valence-corrected chi connectivity index (χ3v) is 2.26. The van der Waals surface area contributed by atoms with Gasteiger partial charge in [-0.25, -0.2) is 0 Å². The number of ketones is 1. The van der Waals surface area contributed by atoms with Crippen LogP contribution in [-0.4, -0.2) is 18.5 Å². The summed E-state index contributed by atoms with van der Waals surface area (Å²) in [5, 5.41) is 0. The lowest BCUT2D eigenvalue weighted by Gasteiger charge is -2.17. The van der Waals surface area contributed by atoms with Crippen molar-refractivity contribution in [1.29, 1.82) is 0 Å². The van der Waals surface area contributed by atoms with Crippen molar-refractivity contribution in [2.75, 3.05) is 6.61 Å². The lowest BCUT2D eigenvalue weighted by Crippen LogP contribution is -2.28. The summed E-state index contributed by atoms with van der Waals surface area (Å²) in [5.74, 6) is 0.424. The Bertz CT molecular complexity index is 143. The van der Waals surface area contributed by atoms with Crippen LogP contribution in [0.1, 0.15) is 47.0 Å². The van der Waals surface area contributed by atoms with Crippen molar-refractivity contribution in [1.82, 2.24) is 0 Å². The van der Waals surface area contributed by atoms with Crippen LogP contribution in [0, 0.1) is 5.92 Å². The van der Waals surface area contributed by atoms with Crippen molar-refractivity contribution in [2.24, 2.45) is 5.92 Å². The molecule has 2 atom stereocenters. The molecule has 0 aromatic carbocycles. The minimum atomic E-state index is -0.174. The number of hydrogen-bond acceptors (Lipinski definition) is 2. The maximum Gasteiger partial charge on any atom is 0.164 e. The molecular weight excluding hydrogens is 164 g/mol. The first-order valence-corrected chi connectivity index (χ1v) is 5.32. The normalized spacial score (nSPS) is 15.4. The van der Waals surface area contributed by atoms with E-state index in [0.717, 1.165) is 19.3 Å². The van der Waals surface area contributed by atoms with E-state index in [4.69, 9.17) is 4.74 Å². The second-order valence-corrected chi connectivity index (χ2v) is 3.44. The maximum absolute atomic E-state index is 11.7. The van der Waals surface area contributed by atoms with Gasteiger partial charge in [-0.05, 0) is 19.8 Å². The highest BCUT2D eigenvalue weighted by atomic mass is 16.5. The van der Waals surface area contributed by atoms with Gasteiger partial charge in [-0.3, -0.25) is 4.79 Å². The molecule has 0 saturated carbocycles. The minimum Gasteiger partial charge on any atom is -0.371 e. The molecule has 0 aliphatic carbocycles. The molecule has 0 spiro atoms. The Balaban J connectivity index is 4.02. The Labute approximate surface area is 81.7 Å². The van der Waals surface area contributed by atoms with Gasteiger partial charge in [-0.2, -0.15) is 0 Å². The molecule has 0 aromatic heterocycles.